The summed E-state index contributed by atoms with van der Waals surface area (Å²) in [6.45, 7) is 8.80. The Morgan fingerprint density at radius 2 is 1.92 bits per heavy atom. The lowest BCUT2D eigenvalue weighted by Gasteiger charge is -2.33. The Kier molecular flexibility index (Phi) is 6.82. The van der Waals surface area contributed by atoms with Crippen molar-refractivity contribution in [3.05, 3.63) is 29.5 Å². The number of ether oxygens (including phenoxy) is 1. The number of carbonyl (C=O) groups is 2. The summed E-state index contributed by atoms with van der Waals surface area (Å²) in [6, 6.07) is 2.11. The van der Waals surface area contributed by atoms with E-state index in [1.807, 2.05) is 50.4 Å². The van der Waals surface area contributed by atoms with Crippen LogP contribution >= 0.6 is 11.3 Å². The Labute approximate surface area is 221 Å². The maximum atomic E-state index is 13.6. The first-order valence-electron chi connectivity index (χ1n) is 12.9. The van der Waals surface area contributed by atoms with Crippen molar-refractivity contribution in [1.29, 1.82) is 0 Å². The average molecular weight is 526 g/mol. The summed E-state index contributed by atoms with van der Waals surface area (Å²) in [7, 11) is 2.04. The van der Waals surface area contributed by atoms with Crippen LogP contribution in [0.5, 0.6) is 0 Å². The molecule has 2 aliphatic rings. The van der Waals surface area contributed by atoms with Crippen molar-refractivity contribution < 1.29 is 14.3 Å². The van der Waals surface area contributed by atoms with Gasteiger partial charge in [-0.3, -0.25) is 4.79 Å². The second-order valence-electron chi connectivity index (χ2n) is 11.0. The van der Waals surface area contributed by atoms with Crippen molar-refractivity contribution in [2.45, 2.75) is 71.1 Å². The van der Waals surface area contributed by atoms with Gasteiger partial charge in [0, 0.05) is 49.9 Å². The number of carbonyl (C=O) groups excluding carboxylic acids is 2. The lowest BCUT2D eigenvalue weighted by Crippen LogP contribution is -2.47. The van der Waals surface area contributed by atoms with Crippen LogP contribution in [0.4, 0.5) is 10.6 Å². The highest BCUT2D eigenvalue weighted by molar-refractivity contribution is 7.16. The van der Waals surface area contributed by atoms with Crippen LogP contribution in [-0.2, 0) is 4.74 Å². The molecule has 1 aliphatic heterocycles. The zero-order chi connectivity index (χ0) is 26.3. The lowest BCUT2D eigenvalue weighted by molar-refractivity contribution is 0.0473. The molecule has 0 unspecified atom stereocenters. The van der Waals surface area contributed by atoms with Crippen molar-refractivity contribution in [3.8, 4) is 11.4 Å². The quantitative estimate of drug-likeness (QED) is 0.514. The van der Waals surface area contributed by atoms with Crippen molar-refractivity contribution in [1.82, 2.24) is 29.8 Å². The van der Waals surface area contributed by atoms with Gasteiger partial charge in [-0.15, -0.1) is 11.3 Å². The van der Waals surface area contributed by atoms with Crippen molar-refractivity contribution in [2.24, 2.45) is 5.92 Å². The minimum atomic E-state index is -0.544. The number of fused-ring (bicyclic) bond motifs is 1. The van der Waals surface area contributed by atoms with Gasteiger partial charge in [0.25, 0.3) is 5.91 Å². The van der Waals surface area contributed by atoms with Crippen LogP contribution in [0.2, 0.25) is 0 Å². The van der Waals surface area contributed by atoms with E-state index in [0.717, 1.165) is 16.2 Å². The number of anilines is 1. The second kappa shape index (κ2) is 9.92. The normalized spacial score (nSPS) is 17.6. The third-order valence-electron chi connectivity index (χ3n) is 7.08. The van der Waals surface area contributed by atoms with E-state index in [1.54, 1.807) is 22.0 Å². The van der Waals surface area contributed by atoms with Gasteiger partial charge in [0.05, 0.1) is 11.8 Å². The molecule has 1 saturated heterocycles. The Bertz CT molecular complexity index is 1280. The van der Waals surface area contributed by atoms with Crippen LogP contribution in [0.25, 0.3) is 16.2 Å². The molecule has 1 atom stereocenters. The molecule has 5 rings (SSSR count). The maximum absolute atomic E-state index is 13.6. The van der Waals surface area contributed by atoms with Gasteiger partial charge in [0.2, 0.25) is 0 Å². The van der Waals surface area contributed by atoms with E-state index in [0.29, 0.717) is 49.4 Å². The summed E-state index contributed by atoms with van der Waals surface area (Å²) in [4.78, 5) is 40.3. The van der Waals surface area contributed by atoms with Crippen LogP contribution in [-0.4, -0.2) is 74.3 Å². The SMILES string of the molecule is C[C@@H](C1CC1)N(C)c1cc(C(=O)N2CCC(NC(=O)OC(C)(C)C)CC2)nc(-c2cnn3ccsc23)n1. The van der Waals surface area contributed by atoms with E-state index in [-0.39, 0.29) is 11.9 Å². The molecule has 0 radical (unpaired) electrons. The van der Waals surface area contributed by atoms with E-state index in [9.17, 15) is 9.59 Å². The van der Waals surface area contributed by atoms with Gasteiger partial charge in [0.1, 0.15) is 21.9 Å². The highest BCUT2D eigenvalue weighted by Crippen LogP contribution is 2.36. The number of hydrogen-bond donors (Lipinski definition) is 1. The number of thiazole rings is 1. The number of likely N-dealkylation sites (tertiary alicyclic amines) is 1. The van der Waals surface area contributed by atoms with Gasteiger partial charge < -0.3 is 19.9 Å². The van der Waals surface area contributed by atoms with E-state index in [1.165, 1.54) is 12.8 Å². The summed E-state index contributed by atoms with van der Waals surface area (Å²) in [5.41, 5.74) is 0.653. The number of amides is 2. The second-order valence-corrected chi connectivity index (χ2v) is 11.9. The van der Waals surface area contributed by atoms with Gasteiger partial charge in [-0.2, -0.15) is 5.10 Å². The largest absolute Gasteiger partial charge is 0.444 e. The number of piperidine rings is 1. The summed E-state index contributed by atoms with van der Waals surface area (Å²) in [5, 5.41) is 9.32. The molecule has 2 amide bonds. The molecule has 4 heterocycles. The molecule has 3 aromatic heterocycles. The van der Waals surface area contributed by atoms with Crippen LogP contribution in [0, 0.1) is 5.92 Å². The monoisotopic (exact) mass is 525 g/mol. The Balaban J connectivity index is 1.35. The predicted octanol–water partition coefficient (Wildman–Crippen LogP) is 4.22. The Morgan fingerprint density at radius 3 is 2.59 bits per heavy atom. The third-order valence-corrected chi connectivity index (χ3v) is 7.97. The van der Waals surface area contributed by atoms with Crippen molar-refractivity contribution >= 4 is 34.0 Å². The number of nitrogens with zero attached hydrogens (tertiary/aromatic N) is 6. The minimum Gasteiger partial charge on any atom is -0.444 e. The first kappa shape index (κ1) is 25.4. The van der Waals surface area contributed by atoms with Gasteiger partial charge in [-0.25, -0.2) is 19.3 Å². The Hall–Kier alpha value is -3.21. The van der Waals surface area contributed by atoms with E-state index < -0.39 is 11.7 Å². The number of aromatic nitrogens is 4. The zero-order valence-electron chi connectivity index (χ0n) is 22.1. The van der Waals surface area contributed by atoms with Gasteiger partial charge in [-0.1, -0.05) is 0 Å². The molecule has 10 nitrogen and oxygen atoms in total. The van der Waals surface area contributed by atoms with Crippen molar-refractivity contribution in [2.75, 3.05) is 25.0 Å². The maximum Gasteiger partial charge on any atom is 0.407 e. The first-order valence-corrected chi connectivity index (χ1v) is 13.8. The highest BCUT2D eigenvalue weighted by atomic mass is 32.1. The summed E-state index contributed by atoms with van der Waals surface area (Å²) in [6.07, 6.45) is 7.01. The molecule has 0 aromatic carbocycles. The van der Waals surface area contributed by atoms with Crippen LogP contribution in [0.15, 0.2) is 23.8 Å². The topological polar surface area (TPSA) is 105 Å². The molecule has 2 fully saturated rings. The van der Waals surface area contributed by atoms with E-state index >= 15 is 0 Å². The summed E-state index contributed by atoms with van der Waals surface area (Å²) in [5.74, 6) is 1.78. The predicted molar refractivity (Wildman–Crippen MR) is 143 cm³/mol. The molecule has 1 aliphatic carbocycles. The standard InChI is InChI=1S/C26H35N7O3S/c1-16(17-6-7-17)31(5)21-14-20(29-22(30-21)19-15-27-33-12-13-37-24(19)33)23(34)32-10-8-18(9-11-32)28-25(35)36-26(2,3)4/h12-18H,6-11H2,1-5H3,(H,28,35)/t16-/m0/s1. The molecular formula is C26H35N7O3S. The van der Waals surface area contributed by atoms with Crippen LogP contribution in [0.3, 0.4) is 0 Å². The molecule has 0 bridgehead atoms. The lowest BCUT2D eigenvalue weighted by atomic mass is 10.0. The number of hydrogen-bond acceptors (Lipinski definition) is 8. The molecule has 37 heavy (non-hydrogen) atoms. The zero-order valence-corrected chi connectivity index (χ0v) is 22.9. The van der Waals surface area contributed by atoms with Gasteiger partial charge >= 0.3 is 6.09 Å². The van der Waals surface area contributed by atoms with Gasteiger partial charge in [-0.05, 0) is 59.3 Å². The molecular weight excluding hydrogens is 490 g/mol. The van der Waals surface area contributed by atoms with E-state index in [4.69, 9.17) is 14.7 Å². The minimum absolute atomic E-state index is 0.0273. The molecule has 3 aromatic rings. The number of rotatable bonds is 6. The fourth-order valence-electron chi connectivity index (χ4n) is 4.69. The highest BCUT2D eigenvalue weighted by Gasteiger charge is 2.33. The molecule has 1 saturated carbocycles. The van der Waals surface area contributed by atoms with Crippen LogP contribution in [0.1, 0.15) is 63.9 Å². The van der Waals surface area contributed by atoms with Crippen molar-refractivity contribution in [3.63, 3.8) is 0 Å². The third kappa shape index (κ3) is 5.71. The fraction of sp³-hybridized carbons (Fsp3) is 0.577. The van der Waals surface area contributed by atoms with E-state index in [2.05, 4.69) is 22.2 Å². The summed E-state index contributed by atoms with van der Waals surface area (Å²) < 4.78 is 7.18. The smallest absolute Gasteiger partial charge is 0.407 e. The van der Waals surface area contributed by atoms with Crippen LogP contribution < -0.4 is 10.2 Å². The first-order chi connectivity index (χ1) is 17.6. The number of alkyl carbamates (subject to hydrolysis) is 1. The Morgan fingerprint density at radius 1 is 1.19 bits per heavy atom. The van der Waals surface area contributed by atoms with Gasteiger partial charge in [0.15, 0.2) is 5.82 Å². The average Bonchev–Trinajstić information content (AvgIpc) is 3.46. The molecule has 1 N–H and O–H groups in total. The number of nitrogens with one attached hydrogen (secondary N) is 1. The summed E-state index contributed by atoms with van der Waals surface area (Å²) >= 11 is 1.57. The molecule has 198 valence electrons. The molecule has 11 heteroatoms. The fourth-order valence-corrected chi connectivity index (χ4v) is 5.48. The molecule has 0 spiro atoms.